The van der Waals surface area contributed by atoms with Gasteiger partial charge in [0.2, 0.25) is 0 Å². The van der Waals surface area contributed by atoms with Crippen LogP contribution in [-0.4, -0.2) is 6.21 Å². The minimum atomic E-state index is 0.908. The maximum atomic E-state index is 7.25. The molecule has 1 aliphatic rings. The second kappa shape index (κ2) is 4.05. The van der Waals surface area contributed by atoms with Crippen molar-refractivity contribution in [2.24, 2.45) is 0 Å². The minimum Gasteiger partial charge on any atom is -0.308 e. The molecule has 0 aromatic rings. The standard InChI is InChI=1S/C11H15N/c1-3-10-6-4-9(2)5-7-11(10)8-12/h4-6,8,12H,3,7H2,1-2H3. The molecule has 0 fully saturated rings. The Bertz CT molecular complexity index is 267. The fraction of sp³-hybridized carbons (Fsp3) is 0.364. The number of hydrogen-bond donors (Lipinski definition) is 1. The Labute approximate surface area is 74.0 Å². The van der Waals surface area contributed by atoms with E-state index in [4.69, 9.17) is 5.41 Å². The second-order valence-corrected chi connectivity index (χ2v) is 3.03. The van der Waals surface area contributed by atoms with Crippen LogP contribution in [-0.2, 0) is 0 Å². The van der Waals surface area contributed by atoms with Crippen molar-refractivity contribution in [3.05, 3.63) is 34.9 Å². The highest BCUT2D eigenvalue weighted by Gasteiger charge is 2.01. The van der Waals surface area contributed by atoms with Gasteiger partial charge < -0.3 is 5.41 Å². The Morgan fingerprint density at radius 3 is 2.83 bits per heavy atom. The highest BCUT2D eigenvalue weighted by Crippen LogP contribution is 2.18. The van der Waals surface area contributed by atoms with Gasteiger partial charge in [-0.2, -0.15) is 0 Å². The molecule has 12 heavy (non-hydrogen) atoms. The average Bonchev–Trinajstić information content (AvgIpc) is 2.27. The third-order valence-electron chi connectivity index (χ3n) is 2.16. The van der Waals surface area contributed by atoms with E-state index in [1.165, 1.54) is 17.4 Å². The fourth-order valence-corrected chi connectivity index (χ4v) is 1.31. The van der Waals surface area contributed by atoms with Crippen LogP contribution in [0.25, 0.3) is 0 Å². The van der Waals surface area contributed by atoms with E-state index < -0.39 is 0 Å². The quantitative estimate of drug-likeness (QED) is 0.601. The molecular formula is C11H15N. The molecular weight excluding hydrogens is 146 g/mol. The summed E-state index contributed by atoms with van der Waals surface area (Å²) in [5.74, 6) is 0. The molecule has 0 heterocycles. The number of nitrogens with one attached hydrogen (secondary N) is 1. The summed E-state index contributed by atoms with van der Waals surface area (Å²) in [7, 11) is 0. The van der Waals surface area contributed by atoms with E-state index in [0.717, 1.165) is 18.4 Å². The molecule has 1 nitrogen and oxygen atoms in total. The van der Waals surface area contributed by atoms with Crippen molar-refractivity contribution in [2.75, 3.05) is 0 Å². The summed E-state index contributed by atoms with van der Waals surface area (Å²) >= 11 is 0. The summed E-state index contributed by atoms with van der Waals surface area (Å²) in [4.78, 5) is 0. The van der Waals surface area contributed by atoms with Crippen molar-refractivity contribution < 1.29 is 0 Å². The topological polar surface area (TPSA) is 23.9 Å². The van der Waals surface area contributed by atoms with Gasteiger partial charge in [-0.25, -0.2) is 0 Å². The summed E-state index contributed by atoms with van der Waals surface area (Å²) in [6.07, 6.45) is 9.81. The van der Waals surface area contributed by atoms with Gasteiger partial charge in [0.25, 0.3) is 0 Å². The molecule has 1 heteroatoms. The Morgan fingerprint density at radius 2 is 2.25 bits per heavy atom. The third-order valence-corrected chi connectivity index (χ3v) is 2.16. The molecule has 0 saturated heterocycles. The van der Waals surface area contributed by atoms with Gasteiger partial charge in [-0.05, 0) is 30.9 Å². The molecule has 0 aliphatic heterocycles. The second-order valence-electron chi connectivity index (χ2n) is 3.03. The first-order valence-electron chi connectivity index (χ1n) is 4.35. The van der Waals surface area contributed by atoms with E-state index in [1.807, 2.05) is 0 Å². The molecule has 1 rings (SSSR count). The predicted molar refractivity (Wildman–Crippen MR) is 53.6 cm³/mol. The largest absolute Gasteiger partial charge is 0.308 e. The van der Waals surface area contributed by atoms with E-state index in [1.54, 1.807) is 0 Å². The van der Waals surface area contributed by atoms with Crippen LogP contribution in [0.4, 0.5) is 0 Å². The lowest BCUT2D eigenvalue weighted by Gasteiger charge is -2.00. The fourth-order valence-electron chi connectivity index (χ4n) is 1.31. The summed E-state index contributed by atoms with van der Waals surface area (Å²) < 4.78 is 0. The van der Waals surface area contributed by atoms with E-state index in [9.17, 15) is 0 Å². The van der Waals surface area contributed by atoms with Crippen molar-refractivity contribution >= 4 is 6.21 Å². The Hall–Kier alpha value is -1.11. The van der Waals surface area contributed by atoms with E-state index in [2.05, 4.69) is 32.1 Å². The van der Waals surface area contributed by atoms with Crippen LogP contribution in [0.1, 0.15) is 26.7 Å². The van der Waals surface area contributed by atoms with Crippen LogP contribution < -0.4 is 0 Å². The third kappa shape index (κ3) is 1.94. The lowest BCUT2D eigenvalue weighted by atomic mass is 10.1. The Balaban J connectivity index is 2.97. The summed E-state index contributed by atoms with van der Waals surface area (Å²) in [6.45, 7) is 4.22. The van der Waals surface area contributed by atoms with E-state index in [0.29, 0.717) is 0 Å². The van der Waals surface area contributed by atoms with Crippen molar-refractivity contribution in [1.82, 2.24) is 0 Å². The first kappa shape index (κ1) is 8.98. The first-order valence-corrected chi connectivity index (χ1v) is 4.35. The zero-order valence-corrected chi connectivity index (χ0v) is 7.72. The molecule has 0 atom stereocenters. The van der Waals surface area contributed by atoms with Gasteiger partial charge in [0, 0.05) is 6.21 Å². The molecule has 0 aromatic heterocycles. The Morgan fingerprint density at radius 1 is 1.50 bits per heavy atom. The van der Waals surface area contributed by atoms with Gasteiger partial charge in [0.05, 0.1) is 0 Å². The molecule has 0 saturated carbocycles. The summed E-state index contributed by atoms with van der Waals surface area (Å²) in [6, 6.07) is 0. The van der Waals surface area contributed by atoms with Gasteiger partial charge in [0.1, 0.15) is 0 Å². The smallest absolute Gasteiger partial charge is 0.0215 e. The zero-order chi connectivity index (χ0) is 8.97. The Kier molecular flexibility index (Phi) is 3.03. The van der Waals surface area contributed by atoms with Crippen molar-refractivity contribution in [3.63, 3.8) is 0 Å². The van der Waals surface area contributed by atoms with Crippen LogP contribution in [0.15, 0.2) is 34.9 Å². The maximum absolute atomic E-state index is 7.25. The van der Waals surface area contributed by atoms with Gasteiger partial charge in [-0.15, -0.1) is 0 Å². The van der Waals surface area contributed by atoms with Gasteiger partial charge in [-0.3, -0.25) is 0 Å². The van der Waals surface area contributed by atoms with Gasteiger partial charge >= 0.3 is 0 Å². The summed E-state index contributed by atoms with van der Waals surface area (Å²) in [5.41, 5.74) is 3.72. The lowest BCUT2D eigenvalue weighted by molar-refractivity contribution is 1.11. The molecule has 0 aromatic carbocycles. The number of hydrogen-bond acceptors (Lipinski definition) is 1. The summed E-state index contributed by atoms with van der Waals surface area (Å²) in [5, 5.41) is 7.25. The molecule has 0 radical (unpaired) electrons. The SMILES string of the molecule is CCC1=C(C=N)CC=C(C)C=C1. The zero-order valence-electron chi connectivity index (χ0n) is 7.72. The average molecular weight is 161 g/mol. The number of rotatable bonds is 2. The molecule has 0 unspecified atom stereocenters. The predicted octanol–water partition coefficient (Wildman–Crippen LogP) is 3.25. The van der Waals surface area contributed by atoms with Crippen LogP contribution in [0.2, 0.25) is 0 Å². The van der Waals surface area contributed by atoms with E-state index in [-0.39, 0.29) is 0 Å². The van der Waals surface area contributed by atoms with Crippen molar-refractivity contribution in [1.29, 1.82) is 5.41 Å². The van der Waals surface area contributed by atoms with Crippen LogP contribution in [0.5, 0.6) is 0 Å². The molecule has 1 N–H and O–H groups in total. The molecule has 64 valence electrons. The molecule has 1 aliphatic carbocycles. The van der Waals surface area contributed by atoms with Crippen LogP contribution >= 0.6 is 0 Å². The molecule has 0 bridgehead atoms. The normalized spacial score (nSPS) is 17.3. The van der Waals surface area contributed by atoms with Crippen molar-refractivity contribution in [3.8, 4) is 0 Å². The maximum Gasteiger partial charge on any atom is 0.0215 e. The monoisotopic (exact) mass is 161 g/mol. The highest BCUT2D eigenvalue weighted by molar-refractivity contribution is 5.78. The van der Waals surface area contributed by atoms with E-state index >= 15 is 0 Å². The number of allylic oxidation sites excluding steroid dienone is 6. The van der Waals surface area contributed by atoms with Gasteiger partial charge in [-0.1, -0.05) is 30.7 Å². The highest BCUT2D eigenvalue weighted by atomic mass is 14.3. The van der Waals surface area contributed by atoms with Crippen LogP contribution in [0, 0.1) is 5.41 Å². The lowest BCUT2D eigenvalue weighted by Crippen LogP contribution is -1.87. The molecule has 0 spiro atoms. The van der Waals surface area contributed by atoms with Crippen molar-refractivity contribution in [2.45, 2.75) is 26.7 Å². The first-order chi connectivity index (χ1) is 5.77. The van der Waals surface area contributed by atoms with Crippen LogP contribution in [0.3, 0.4) is 0 Å². The minimum absolute atomic E-state index is 0.908. The van der Waals surface area contributed by atoms with Gasteiger partial charge in [0.15, 0.2) is 0 Å². The molecule has 0 amide bonds.